The molecule has 88 valence electrons. The second-order valence-corrected chi connectivity index (χ2v) is 4.01. The van der Waals surface area contributed by atoms with Gasteiger partial charge in [-0.25, -0.2) is 4.98 Å². The van der Waals surface area contributed by atoms with Gasteiger partial charge < -0.3 is 0 Å². The molecule has 1 aromatic carbocycles. The van der Waals surface area contributed by atoms with Gasteiger partial charge in [0.1, 0.15) is 5.69 Å². The van der Waals surface area contributed by atoms with Crippen LogP contribution in [0.15, 0.2) is 30.3 Å². The molecule has 0 aliphatic heterocycles. The summed E-state index contributed by atoms with van der Waals surface area (Å²) in [6, 6.07) is 9.10. The Kier molecular flexibility index (Phi) is 3.32. The number of pyridine rings is 1. The molecule has 0 bridgehead atoms. The van der Waals surface area contributed by atoms with Gasteiger partial charge in [-0.1, -0.05) is 31.5 Å². The topological polar surface area (TPSA) is 56.0 Å². The normalized spacial score (nSPS) is 10.6. The van der Waals surface area contributed by atoms with E-state index >= 15 is 0 Å². The van der Waals surface area contributed by atoms with Crippen molar-refractivity contribution in [2.75, 3.05) is 0 Å². The lowest BCUT2D eigenvalue weighted by Gasteiger charge is -2.03. The highest BCUT2D eigenvalue weighted by Gasteiger charge is 2.15. The molecule has 0 spiro atoms. The highest BCUT2D eigenvalue weighted by atomic mass is 16.6. The van der Waals surface area contributed by atoms with E-state index in [0.717, 1.165) is 23.7 Å². The predicted octanol–water partition coefficient (Wildman–Crippen LogP) is 3.49. The van der Waals surface area contributed by atoms with Gasteiger partial charge in [0.05, 0.1) is 10.4 Å². The number of benzene rings is 1. The number of para-hydroxylation sites is 1. The molecule has 0 saturated heterocycles. The van der Waals surface area contributed by atoms with Gasteiger partial charge in [-0.2, -0.15) is 0 Å². The van der Waals surface area contributed by atoms with Gasteiger partial charge in [0.15, 0.2) is 0 Å². The average Bonchev–Trinajstić information content (AvgIpc) is 2.35. The first kappa shape index (κ1) is 11.5. The van der Waals surface area contributed by atoms with Crippen LogP contribution in [0.3, 0.4) is 0 Å². The molecule has 2 rings (SSSR count). The van der Waals surface area contributed by atoms with E-state index in [4.69, 9.17) is 0 Å². The number of unbranched alkanes of at least 4 members (excludes halogenated alkanes) is 1. The molecular weight excluding hydrogens is 216 g/mol. The lowest BCUT2D eigenvalue weighted by Crippen LogP contribution is -1.99. The molecule has 0 unspecified atom stereocenters. The number of aryl methyl sites for hydroxylation is 1. The van der Waals surface area contributed by atoms with E-state index in [1.807, 2.05) is 24.3 Å². The fraction of sp³-hybridized carbons (Fsp3) is 0.308. The van der Waals surface area contributed by atoms with Gasteiger partial charge in [-0.3, -0.25) is 10.1 Å². The third kappa shape index (κ3) is 2.41. The summed E-state index contributed by atoms with van der Waals surface area (Å²) in [4.78, 5) is 15.0. The molecule has 0 atom stereocenters. The number of rotatable bonds is 4. The molecule has 0 radical (unpaired) electrons. The van der Waals surface area contributed by atoms with Crippen LogP contribution in [0.5, 0.6) is 0 Å². The predicted molar refractivity (Wildman–Crippen MR) is 67.0 cm³/mol. The van der Waals surface area contributed by atoms with Crippen molar-refractivity contribution < 1.29 is 4.92 Å². The molecule has 4 heteroatoms. The molecule has 0 N–H and O–H groups in total. The minimum absolute atomic E-state index is 0.136. The van der Waals surface area contributed by atoms with E-state index in [0.29, 0.717) is 12.1 Å². The van der Waals surface area contributed by atoms with Crippen molar-refractivity contribution >= 4 is 16.6 Å². The fourth-order valence-electron chi connectivity index (χ4n) is 1.83. The van der Waals surface area contributed by atoms with Crippen LogP contribution < -0.4 is 0 Å². The summed E-state index contributed by atoms with van der Waals surface area (Å²) < 4.78 is 0. The second-order valence-electron chi connectivity index (χ2n) is 4.01. The molecule has 0 aliphatic rings. The van der Waals surface area contributed by atoms with Crippen LogP contribution >= 0.6 is 0 Å². The third-order valence-corrected chi connectivity index (χ3v) is 2.74. The first-order valence-corrected chi connectivity index (χ1v) is 5.75. The summed E-state index contributed by atoms with van der Waals surface area (Å²) >= 11 is 0. The average molecular weight is 230 g/mol. The number of hydrogen-bond donors (Lipinski definition) is 0. The Morgan fingerprint density at radius 1 is 1.35 bits per heavy atom. The van der Waals surface area contributed by atoms with E-state index in [1.54, 1.807) is 6.07 Å². The van der Waals surface area contributed by atoms with Gasteiger partial charge in [-0.15, -0.1) is 0 Å². The Labute approximate surface area is 99.4 Å². The quantitative estimate of drug-likeness (QED) is 0.596. The zero-order valence-electron chi connectivity index (χ0n) is 9.72. The molecule has 1 aromatic heterocycles. The molecule has 1 heterocycles. The summed E-state index contributed by atoms with van der Waals surface area (Å²) in [7, 11) is 0. The van der Waals surface area contributed by atoms with Crippen molar-refractivity contribution in [3.05, 3.63) is 46.1 Å². The summed E-state index contributed by atoms with van der Waals surface area (Å²) in [5.74, 6) is 0. The van der Waals surface area contributed by atoms with E-state index in [-0.39, 0.29) is 10.6 Å². The zero-order chi connectivity index (χ0) is 12.3. The molecular formula is C13H14N2O2. The monoisotopic (exact) mass is 230 g/mol. The number of nitro groups is 1. The largest absolute Gasteiger partial charge is 0.291 e. The SMILES string of the molecule is CCCCc1nc2ccccc2cc1[N+](=O)[O-]. The third-order valence-electron chi connectivity index (χ3n) is 2.74. The van der Waals surface area contributed by atoms with Gasteiger partial charge in [0, 0.05) is 11.5 Å². The van der Waals surface area contributed by atoms with Gasteiger partial charge >= 0.3 is 0 Å². The molecule has 0 fully saturated rings. The number of aromatic nitrogens is 1. The molecule has 0 aliphatic carbocycles. The first-order valence-electron chi connectivity index (χ1n) is 5.75. The standard InChI is InChI=1S/C13H14N2O2/c1-2-3-7-12-13(15(16)17)9-10-6-4-5-8-11(10)14-12/h4-6,8-9H,2-3,7H2,1H3. The van der Waals surface area contributed by atoms with Crippen LogP contribution in [0.1, 0.15) is 25.5 Å². The van der Waals surface area contributed by atoms with E-state index in [9.17, 15) is 10.1 Å². The van der Waals surface area contributed by atoms with Crippen molar-refractivity contribution in [3.63, 3.8) is 0 Å². The lowest BCUT2D eigenvalue weighted by atomic mass is 10.1. The van der Waals surface area contributed by atoms with E-state index in [1.165, 1.54) is 0 Å². The Morgan fingerprint density at radius 2 is 2.12 bits per heavy atom. The highest BCUT2D eigenvalue weighted by molar-refractivity contribution is 5.81. The molecule has 0 amide bonds. The maximum atomic E-state index is 11.0. The molecule has 4 nitrogen and oxygen atoms in total. The number of hydrogen-bond acceptors (Lipinski definition) is 3. The second kappa shape index (κ2) is 4.91. The minimum atomic E-state index is -0.343. The van der Waals surface area contributed by atoms with Crippen LogP contribution in [-0.4, -0.2) is 9.91 Å². The smallest absolute Gasteiger partial charge is 0.258 e. The van der Waals surface area contributed by atoms with Gasteiger partial charge in [-0.05, 0) is 18.9 Å². The lowest BCUT2D eigenvalue weighted by molar-refractivity contribution is -0.385. The van der Waals surface area contributed by atoms with Crippen LogP contribution in [0, 0.1) is 10.1 Å². The fourth-order valence-corrected chi connectivity index (χ4v) is 1.83. The van der Waals surface area contributed by atoms with E-state index in [2.05, 4.69) is 11.9 Å². The van der Waals surface area contributed by atoms with E-state index < -0.39 is 0 Å². The van der Waals surface area contributed by atoms with Crippen molar-refractivity contribution in [3.8, 4) is 0 Å². The first-order chi connectivity index (χ1) is 8.22. The van der Waals surface area contributed by atoms with Gasteiger partial charge in [0.2, 0.25) is 0 Å². The Morgan fingerprint density at radius 3 is 2.82 bits per heavy atom. The summed E-state index contributed by atoms with van der Waals surface area (Å²) in [6.45, 7) is 2.06. The summed E-state index contributed by atoms with van der Waals surface area (Å²) in [5, 5.41) is 11.8. The maximum absolute atomic E-state index is 11.0. The molecule has 2 aromatic rings. The minimum Gasteiger partial charge on any atom is -0.258 e. The highest BCUT2D eigenvalue weighted by Crippen LogP contribution is 2.24. The van der Waals surface area contributed by atoms with Crippen LogP contribution in [0.25, 0.3) is 10.9 Å². The number of fused-ring (bicyclic) bond motifs is 1. The number of nitrogens with zero attached hydrogens (tertiary/aromatic N) is 2. The zero-order valence-corrected chi connectivity index (χ0v) is 9.72. The van der Waals surface area contributed by atoms with Crippen molar-refractivity contribution in [2.24, 2.45) is 0 Å². The Bertz CT molecular complexity index is 552. The molecule has 17 heavy (non-hydrogen) atoms. The Hall–Kier alpha value is -1.97. The molecule has 0 saturated carbocycles. The van der Waals surface area contributed by atoms with Crippen LogP contribution in [-0.2, 0) is 6.42 Å². The van der Waals surface area contributed by atoms with Crippen molar-refractivity contribution in [1.82, 2.24) is 4.98 Å². The van der Waals surface area contributed by atoms with Crippen LogP contribution in [0.4, 0.5) is 5.69 Å². The van der Waals surface area contributed by atoms with Crippen molar-refractivity contribution in [2.45, 2.75) is 26.2 Å². The summed E-state index contributed by atoms with van der Waals surface area (Å²) in [6.07, 6.45) is 2.59. The summed E-state index contributed by atoms with van der Waals surface area (Å²) in [5.41, 5.74) is 1.55. The van der Waals surface area contributed by atoms with Crippen LogP contribution in [0.2, 0.25) is 0 Å². The van der Waals surface area contributed by atoms with Gasteiger partial charge in [0.25, 0.3) is 5.69 Å². The van der Waals surface area contributed by atoms with Crippen molar-refractivity contribution in [1.29, 1.82) is 0 Å². The maximum Gasteiger partial charge on any atom is 0.291 e. The Balaban J connectivity index is 2.54.